The number of pyridine rings is 1. The van der Waals surface area contributed by atoms with Gasteiger partial charge in [-0.3, -0.25) is 4.68 Å². The fraction of sp³-hybridized carbons (Fsp3) is 0.316. The van der Waals surface area contributed by atoms with Crippen LogP contribution < -0.4 is 10.1 Å². The van der Waals surface area contributed by atoms with E-state index in [4.69, 9.17) is 4.74 Å². The molecule has 4 aromatic rings. The summed E-state index contributed by atoms with van der Waals surface area (Å²) in [4.78, 5) is 8.95. The molecule has 0 radical (unpaired) electrons. The molecule has 1 unspecified atom stereocenters. The van der Waals surface area contributed by atoms with Gasteiger partial charge in [0, 0.05) is 36.9 Å². The number of rotatable bonds is 4. The molecule has 5 heterocycles. The normalized spacial score (nSPS) is 16.0. The van der Waals surface area contributed by atoms with Gasteiger partial charge < -0.3 is 10.1 Å². The van der Waals surface area contributed by atoms with Crippen LogP contribution in [0.4, 0.5) is 11.8 Å². The van der Waals surface area contributed by atoms with Gasteiger partial charge in [-0.1, -0.05) is 6.92 Å². The molecule has 0 saturated heterocycles. The number of nitrogens with zero attached hydrogens (tertiary/aromatic N) is 7. The van der Waals surface area contributed by atoms with Gasteiger partial charge in [0.2, 0.25) is 11.8 Å². The van der Waals surface area contributed by atoms with Crippen LogP contribution in [0.15, 0.2) is 36.7 Å². The van der Waals surface area contributed by atoms with E-state index in [0.717, 1.165) is 47.3 Å². The van der Waals surface area contributed by atoms with Crippen LogP contribution in [0, 0.1) is 0 Å². The summed E-state index contributed by atoms with van der Waals surface area (Å²) in [6.45, 7) is 2.83. The van der Waals surface area contributed by atoms with E-state index in [-0.39, 0.29) is 0 Å². The summed E-state index contributed by atoms with van der Waals surface area (Å²) in [6.07, 6.45) is 5.40. The van der Waals surface area contributed by atoms with E-state index in [1.54, 1.807) is 17.1 Å². The Morgan fingerprint density at radius 2 is 2.14 bits per heavy atom. The van der Waals surface area contributed by atoms with Crippen molar-refractivity contribution < 1.29 is 4.74 Å². The fourth-order valence-electron chi connectivity index (χ4n) is 3.54. The van der Waals surface area contributed by atoms with Gasteiger partial charge in [-0.15, -0.1) is 10.2 Å². The van der Waals surface area contributed by atoms with Crippen molar-refractivity contribution in [2.24, 2.45) is 7.05 Å². The summed E-state index contributed by atoms with van der Waals surface area (Å²) >= 11 is 0. The molecule has 1 atom stereocenters. The molecule has 0 amide bonds. The Morgan fingerprint density at radius 1 is 1.21 bits per heavy atom. The molecule has 0 fully saturated rings. The van der Waals surface area contributed by atoms with Crippen LogP contribution in [-0.2, 0) is 7.05 Å². The van der Waals surface area contributed by atoms with Crippen molar-refractivity contribution >= 4 is 17.4 Å². The van der Waals surface area contributed by atoms with Gasteiger partial charge in [0.05, 0.1) is 18.5 Å². The summed E-state index contributed by atoms with van der Waals surface area (Å²) in [7, 11) is 1.86. The zero-order valence-corrected chi connectivity index (χ0v) is 15.7. The Labute approximate surface area is 161 Å². The summed E-state index contributed by atoms with van der Waals surface area (Å²) in [5, 5.41) is 16.1. The highest BCUT2D eigenvalue weighted by atomic mass is 16.5. The fourth-order valence-corrected chi connectivity index (χ4v) is 3.54. The average molecular weight is 376 g/mol. The number of hydrogen-bond acceptors (Lipinski definition) is 7. The first-order valence-electron chi connectivity index (χ1n) is 9.33. The molecule has 0 saturated carbocycles. The lowest BCUT2D eigenvalue weighted by Crippen LogP contribution is -2.03. The summed E-state index contributed by atoms with van der Waals surface area (Å²) in [5.74, 6) is 3.40. The maximum absolute atomic E-state index is 6.02. The molecule has 0 spiro atoms. The van der Waals surface area contributed by atoms with Crippen molar-refractivity contribution in [1.82, 2.24) is 34.3 Å². The Morgan fingerprint density at radius 3 is 2.96 bits per heavy atom. The SMILES string of the molecule is CCC1CCOc2cc(-c3ccnc(Nc4ccnn4C)n3)cc3nnc1n23. The van der Waals surface area contributed by atoms with Crippen LogP contribution in [0.1, 0.15) is 31.5 Å². The average Bonchev–Trinajstić information content (AvgIpc) is 3.26. The zero-order valence-electron chi connectivity index (χ0n) is 15.7. The smallest absolute Gasteiger partial charge is 0.228 e. The van der Waals surface area contributed by atoms with Gasteiger partial charge in [0.15, 0.2) is 5.65 Å². The third kappa shape index (κ3) is 2.75. The third-order valence-corrected chi connectivity index (χ3v) is 5.08. The molecule has 0 aliphatic carbocycles. The Kier molecular flexibility index (Phi) is 3.92. The molecule has 0 bridgehead atoms. The van der Waals surface area contributed by atoms with Gasteiger partial charge in [0.1, 0.15) is 11.6 Å². The van der Waals surface area contributed by atoms with E-state index in [0.29, 0.717) is 18.5 Å². The van der Waals surface area contributed by atoms with E-state index in [1.165, 1.54) is 0 Å². The van der Waals surface area contributed by atoms with Crippen molar-refractivity contribution in [2.45, 2.75) is 25.7 Å². The second-order valence-corrected chi connectivity index (χ2v) is 6.81. The van der Waals surface area contributed by atoms with E-state index >= 15 is 0 Å². The van der Waals surface area contributed by atoms with Crippen molar-refractivity contribution in [2.75, 3.05) is 11.9 Å². The lowest BCUT2D eigenvalue weighted by molar-refractivity contribution is 0.296. The number of hydrogen-bond donors (Lipinski definition) is 1. The van der Waals surface area contributed by atoms with Crippen molar-refractivity contribution in [3.05, 3.63) is 42.5 Å². The zero-order chi connectivity index (χ0) is 19.1. The first-order chi connectivity index (χ1) is 13.7. The van der Waals surface area contributed by atoms with Crippen LogP contribution in [0.2, 0.25) is 0 Å². The van der Waals surface area contributed by atoms with Gasteiger partial charge in [0.25, 0.3) is 0 Å². The minimum Gasteiger partial charge on any atom is -0.478 e. The second-order valence-electron chi connectivity index (χ2n) is 6.81. The highest BCUT2D eigenvalue weighted by Crippen LogP contribution is 2.32. The first-order valence-corrected chi connectivity index (χ1v) is 9.33. The molecule has 1 aliphatic rings. The number of nitrogens with one attached hydrogen (secondary N) is 1. The van der Waals surface area contributed by atoms with E-state index in [9.17, 15) is 0 Å². The third-order valence-electron chi connectivity index (χ3n) is 5.08. The quantitative estimate of drug-likeness (QED) is 0.585. The topological polar surface area (TPSA) is 95.0 Å². The largest absolute Gasteiger partial charge is 0.478 e. The van der Waals surface area contributed by atoms with Crippen molar-refractivity contribution in [3.8, 4) is 17.1 Å². The van der Waals surface area contributed by atoms with Crippen LogP contribution in [0.3, 0.4) is 0 Å². The van der Waals surface area contributed by atoms with E-state index < -0.39 is 0 Å². The predicted molar refractivity (Wildman–Crippen MR) is 104 cm³/mol. The highest BCUT2D eigenvalue weighted by molar-refractivity contribution is 5.67. The predicted octanol–water partition coefficient (Wildman–Crippen LogP) is 2.94. The molecular weight excluding hydrogens is 356 g/mol. The molecule has 0 aromatic carbocycles. The molecule has 4 aromatic heterocycles. The summed E-state index contributed by atoms with van der Waals surface area (Å²) < 4.78 is 9.76. The lowest BCUT2D eigenvalue weighted by atomic mass is 10.0. The number of aromatic nitrogens is 7. The number of ether oxygens (including phenoxy) is 1. The first kappa shape index (κ1) is 16.7. The van der Waals surface area contributed by atoms with Crippen LogP contribution in [-0.4, -0.2) is 41.0 Å². The molecule has 142 valence electrons. The Hall–Kier alpha value is -3.49. The van der Waals surface area contributed by atoms with Gasteiger partial charge in [-0.2, -0.15) is 5.10 Å². The molecule has 1 N–H and O–H groups in total. The summed E-state index contributed by atoms with van der Waals surface area (Å²) in [5.41, 5.74) is 2.46. The lowest BCUT2D eigenvalue weighted by Gasteiger charge is -2.10. The minimum absolute atomic E-state index is 0.357. The Bertz CT molecular complexity index is 1150. The van der Waals surface area contributed by atoms with Gasteiger partial charge in [-0.25, -0.2) is 14.4 Å². The van der Waals surface area contributed by atoms with Crippen molar-refractivity contribution in [3.63, 3.8) is 0 Å². The Balaban J connectivity index is 1.56. The molecule has 5 rings (SSSR count). The van der Waals surface area contributed by atoms with E-state index in [1.807, 2.05) is 35.7 Å². The molecule has 28 heavy (non-hydrogen) atoms. The minimum atomic E-state index is 0.357. The number of aryl methyl sites for hydroxylation is 1. The maximum atomic E-state index is 6.02. The standard InChI is InChI=1S/C19H20N8O/c1-3-12-6-9-28-17-11-13(10-16-24-25-18(12)27(16)17)14-4-7-20-19(22-14)23-15-5-8-21-26(15)2/h4-5,7-8,10-12H,3,6,9H2,1-2H3,(H,20,22,23). The second kappa shape index (κ2) is 6.59. The van der Waals surface area contributed by atoms with E-state index in [2.05, 4.69) is 37.5 Å². The molecule has 9 heteroatoms. The molecular formula is C19H20N8O. The van der Waals surface area contributed by atoms with Crippen LogP contribution in [0.25, 0.3) is 16.9 Å². The number of anilines is 2. The van der Waals surface area contributed by atoms with Gasteiger partial charge >= 0.3 is 0 Å². The van der Waals surface area contributed by atoms with Crippen LogP contribution >= 0.6 is 0 Å². The monoisotopic (exact) mass is 376 g/mol. The summed E-state index contributed by atoms with van der Waals surface area (Å²) in [6, 6.07) is 7.72. The molecule has 9 nitrogen and oxygen atoms in total. The van der Waals surface area contributed by atoms with Gasteiger partial charge in [-0.05, 0) is 25.0 Å². The maximum Gasteiger partial charge on any atom is 0.228 e. The van der Waals surface area contributed by atoms with Crippen molar-refractivity contribution in [1.29, 1.82) is 0 Å². The highest BCUT2D eigenvalue weighted by Gasteiger charge is 2.23. The van der Waals surface area contributed by atoms with Crippen LogP contribution in [0.5, 0.6) is 5.88 Å². The molecule has 1 aliphatic heterocycles.